The predicted molar refractivity (Wildman–Crippen MR) is 40.8 cm³/mol. The minimum Gasteiger partial charge on any atom is -3.00 e. The summed E-state index contributed by atoms with van der Waals surface area (Å²) in [5.41, 5.74) is 0. The molecule has 7 nitrogen and oxygen atoms in total. The molecule has 0 atom stereocenters. The second-order valence-corrected chi connectivity index (χ2v) is 0. The van der Waals surface area contributed by atoms with Crippen molar-refractivity contribution in [2.45, 2.75) is 0 Å². The summed E-state index contributed by atoms with van der Waals surface area (Å²) in [5, 5.41) is 0. The van der Waals surface area contributed by atoms with Crippen molar-refractivity contribution in [3.63, 3.8) is 0 Å². The molecule has 0 fully saturated rings. The molecule has 0 saturated carbocycles. The predicted octanol–water partition coefficient (Wildman–Crippen LogP) is 0.871. The summed E-state index contributed by atoms with van der Waals surface area (Å²) in [6.45, 7) is 0. The summed E-state index contributed by atoms with van der Waals surface area (Å²) in [7, 11) is 0. The zero-order chi connectivity index (χ0) is 0. The minimum atomic E-state index is 0. The first-order valence-corrected chi connectivity index (χ1v) is 0. The van der Waals surface area contributed by atoms with Crippen molar-refractivity contribution in [1.82, 2.24) is 0 Å². The molecule has 0 N–H and O–H groups in total. The molecule has 0 aromatic carbocycles. The minimum absolute atomic E-state index is 0. The van der Waals surface area contributed by atoms with E-state index in [2.05, 4.69) is 0 Å². The second-order valence-electron chi connectivity index (χ2n) is 0. The van der Waals surface area contributed by atoms with Gasteiger partial charge < -0.3 is 43.1 Å². The summed E-state index contributed by atoms with van der Waals surface area (Å²) in [6, 6.07) is 0. The van der Waals surface area contributed by atoms with E-state index in [4.69, 9.17) is 0 Å². The van der Waals surface area contributed by atoms with Crippen LogP contribution in [-0.2, 0) is 51.2 Å². The van der Waals surface area contributed by atoms with Crippen molar-refractivity contribution in [2.24, 2.45) is 0 Å². The largest absolute Gasteiger partial charge is 4.00 e. The number of hydrogen-bond donors (Lipinski definition) is 0. The van der Waals surface area contributed by atoms with Gasteiger partial charge in [-0.2, -0.15) is 0 Å². The van der Waals surface area contributed by atoms with Gasteiger partial charge in [0.1, 0.15) is 0 Å². The van der Waals surface area contributed by atoms with Crippen LogP contribution in [-0.4, -0.2) is 52.8 Å². The van der Waals surface area contributed by atoms with Gasteiger partial charge in [-0.1, -0.05) is 0 Å². The van der Waals surface area contributed by atoms with Crippen molar-refractivity contribution < 1.29 is 51.2 Å². The Morgan fingerprint density at radius 1 is 0.231 bits per heavy atom. The molecule has 0 rings (SSSR count). The van der Waals surface area contributed by atoms with Gasteiger partial charge in [0.05, 0.1) is 0 Å². The van der Waals surface area contributed by atoms with Gasteiger partial charge in [-0.3, -0.25) is 0 Å². The van der Waals surface area contributed by atoms with Gasteiger partial charge in [0, 0.05) is 0 Å². The maximum Gasteiger partial charge on any atom is 4.00 e. The van der Waals surface area contributed by atoms with Crippen molar-refractivity contribution in [3.8, 4) is 0 Å². The van der Waals surface area contributed by atoms with Gasteiger partial charge in [0.15, 0.2) is 0 Å². The molecule has 13 heteroatoms. The first-order valence-electron chi connectivity index (χ1n) is 0. The topological polar surface area (TPSA) is 214 Å². The van der Waals surface area contributed by atoms with Gasteiger partial charge in [-0.25, -0.2) is 0 Å². The molecular formula is Fe3Ge3N7. The normalized spacial score (nSPS) is 0. The third-order valence-electron chi connectivity index (χ3n) is 0. The second kappa shape index (κ2) is 341. The van der Waals surface area contributed by atoms with Crippen LogP contribution < -0.4 is 0 Å². The summed E-state index contributed by atoms with van der Waals surface area (Å²) >= 11 is 0. The Morgan fingerprint density at radius 2 is 0.231 bits per heavy atom. The first kappa shape index (κ1) is 418. The van der Waals surface area contributed by atoms with Gasteiger partial charge in [-0.05, 0) is 0 Å². The van der Waals surface area contributed by atoms with Crippen LogP contribution in [0.15, 0.2) is 0 Å². The van der Waals surface area contributed by atoms with E-state index in [0.29, 0.717) is 0 Å². The molecule has 0 amide bonds. The quantitative estimate of drug-likeness (QED) is 0.439. The zero-order valence-corrected chi connectivity index (χ0v) is 15.3. The summed E-state index contributed by atoms with van der Waals surface area (Å²) in [5.74, 6) is 0. The molecule has 0 spiro atoms. The Kier molecular flexibility index (Phi) is 11000. The van der Waals surface area contributed by atoms with Gasteiger partial charge in [-0.15, -0.1) is 0 Å². The Hall–Kier alpha value is 2.91. The third-order valence-corrected chi connectivity index (χ3v) is 0. The Balaban J connectivity index is 0. The molecule has 0 aromatic heterocycles. The van der Waals surface area contributed by atoms with Gasteiger partial charge in [0.2, 0.25) is 0 Å². The van der Waals surface area contributed by atoms with Crippen LogP contribution in [0.4, 0.5) is 0 Å². The van der Waals surface area contributed by atoms with E-state index >= 15 is 0 Å². The number of hydrogen-bond acceptors (Lipinski definition) is 0. The fourth-order valence-corrected chi connectivity index (χ4v) is 0. The van der Waals surface area contributed by atoms with E-state index in [-0.39, 0.29) is 147 Å². The van der Waals surface area contributed by atoms with Crippen LogP contribution in [0, 0.1) is 0 Å². The van der Waals surface area contributed by atoms with E-state index in [9.17, 15) is 0 Å². The zero-order valence-electron chi connectivity index (χ0n) is 5.69. The van der Waals surface area contributed by atoms with E-state index in [1.807, 2.05) is 0 Å². The number of rotatable bonds is 0. The Labute approximate surface area is 145 Å². The molecule has 0 saturated heterocycles. The smallest absolute Gasteiger partial charge is 3.00 e. The molecule has 71 valence electrons. The fourth-order valence-electron chi connectivity index (χ4n) is 0. The maximum atomic E-state index is 0. The molecule has 0 aromatic rings. The molecule has 0 unspecified atom stereocenters. The van der Waals surface area contributed by atoms with Crippen molar-refractivity contribution >= 4 is 52.8 Å². The van der Waals surface area contributed by atoms with E-state index < -0.39 is 0 Å². The van der Waals surface area contributed by atoms with E-state index in [1.54, 1.807) is 0 Å². The van der Waals surface area contributed by atoms with Gasteiger partial charge >= 0.3 is 104 Å². The van der Waals surface area contributed by atoms with Crippen molar-refractivity contribution in [3.05, 3.63) is 43.1 Å². The summed E-state index contributed by atoms with van der Waals surface area (Å²) < 4.78 is 0. The SMILES string of the molecule is [Fe+3].[Fe+3].[Fe+3].[Ge+4].[Ge+4].[Ge+4].[N-3].[N-3].[N-3].[N-3].[N-3].[N-3].[N-3]. The average molecular weight is 483 g/mol. The van der Waals surface area contributed by atoms with E-state index in [1.165, 1.54) is 0 Å². The average Bonchev–Trinajstić information content (AvgIpc) is 0. The standard InChI is InChI=1S/3Fe.3Ge.7N/q3*+3;3*+4;7*-3. The molecular weight excluding hydrogens is 483 g/mol. The molecule has 3 radical (unpaired) electrons. The Morgan fingerprint density at radius 3 is 0.231 bits per heavy atom. The first-order chi connectivity index (χ1) is 0. The molecule has 0 aliphatic heterocycles. The van der Waals surface area contributed by atoms with Crippen LogP contribution in [0.5, 0.6) is 0 Å². The van der Waals surface area contributed by atoms with E-state index in [0.717, 1.165) is 0 Å². The maximum absolute atomic E-state index is 0. The monoisotopic (exact) mass is 488 g/mol. The Bertz CT molecular complexity index is 18.9. The van der Waals surface area contributed by atoms with Gasteiger partial charge in [0.25, 0.3) is 0 Å². The molecule has 0 aliphatic rings. The molecule has 0 aliphatic carbocycles. The molecule has 0 heterocycles. The van der Waals surface area contributed by atoms with Crippen LogP contribution in [0.1, 0.15) is 0 Å². The van der Waals surface area contributed by atoms with Crippen molar-refractivity contribution in [1.29, 1.82) is 0 Å². The summed E-state index contributed by atoms with van der Waals surface area (Å²) in [4.78, 5) is 0. The molecule has 0 bridgehead atoms. The summed E-state index contributed by atoms with van der Waals surface area (Å²) in [6.07, 6.45) is 0. The third kappa shape index (κ3) is 294. The van der Waals surface area contributed by atoms with Crippen LogP contribution in [0.3, 0.4) is 0 Å². The fraction of sp³-hybridized carbons (Fsp3) is 0. The van der Waals surface area contributed by atoms with Crippen LogP contribution >= 0.6 is 0 Å². The molecule has 13 heavy (non-hydrogen) atoms. The van der Waals surface area contributed by atoms with Crippen LogP contribution in [0.25, 0.3) is 43.1 Å². The van der Waals surface area contributed by atoms with Crippen molar-refractivity contribution in [2.75, 3.05) is 0 Å². The number of nitrogens with zero attached hydrogens (tertiary/aromatic N) is 7. The van der Waals surface area contributed by atoms with Crippen LogP contribution in [0.2, 0.25) is 0 Å².